The molecule has 0 saturated carbocycles. The molecule has 9 heteroatoms. The Labute approximate surface area is 239 Å². The third kappa shape index (κ3) is 6.06. The number of aliphatic hydroxyl groups excluding tert-OH is 1. The smallest absolute Gasteiger partial charge is 0.295 e. The van der Waals surface area contributed by atoms with Gasteiger partial charge in [0.2, 0.25) is 0 Å². The van der Waals surface area contributed by atoms with Crippen LogP contribution in [0.25, 0.3) is 5.76 Å². The van der Waals surface area contributed by atoms with E-state index in [4.69, 9.17) is 14.2 Å². The maximum atomic E-state index is 13.4. The molecule has 0 aliphatic carbocycles. The van der Waals surface area contributed by atoms with Gasteiger partial charge in [0, 0.05) is 31.7 Å². The Bertz CT molecular complexity index is 1440. The van der Waals surface area contributed by atoms with Crippen LogP contribution in [0.15, 0.2) is 72.3 Å². The highest BCUT2D eigenvalue weighted by molar-refractivity contribution is 6.46. The Morgan fingerprint density at radius 3 is 2.44 bits per heavy atom. The number of methoxy groups -OCH3 is 1. The van der Waals surface area contributed by atoms with Gasteiger partial charge in [-0.1, -0.05) is 30.3 Å². The van der Waals surface area contributed by atoms with Gasteiger partial charge in [-0.3, -0.25) is 14.5 Å². The number of morpholine rings is 1. The summed E-state index contributed by atoms with van der Waals surface area (Å²) in [5.74, 6) is -0.981. The van der Waals surface area contributed by atoms with Crippen molar-refractivity contribution in [2.75, 3.05) is 46.5 Å². The number of hydrogen-bond acceptors (Lipinski definition) is 8. The van der Waals surface area contributed by atoms with E-state index in [0.717, 1.165) is 24.2 Å². The number of hydrogen-bond donors (Lipinski definition) is 2. The van der Waals surface area contributed by atoms with Crippen molar-refractivity contribution >= 4 is 17.4 Å². The molecule has 1 amide bonds. The van der Waals surface area contributed by atoms with Gasteiger partial charge in [-0.05, 0) is 60.0 Å². The summed E-state index contributed by atoms with van der Waals surface area (Å²) < 4.78 is 16.6. The minimum atomic E-state index is -0.859. The van der Waals surface area contributed by atoms with Crippen LogP contribution in [0.3, 0.4) is 0 Å². The Morgan fingerprint density at radius 2 is 1.73 bits per heavy atom. The second kappa shape index (κ2) is 12.4. The van der Waals surface area contributed by atoms with Gasteiger partial charge in [-0.15, -0.1) is 0 Å². The highest BCUT2D eigenvalue weighted by Gasteiger charge is 2.46. The van der Waals surface area contributed by atoms with Crippen molar-refractivity contribution in [2.24, 2.45) is 0 Å². The summed E-state index contributed by atoms with van der Waals surface area (Å²) in [5, 5.41) is 21.6. The van der Waals surface area contributed by atoms with Crippen LogP contribution in [0.1, 0.15) is 28.3 Å². The summed E-state index contributed by atoms with van der Waals surface area (Å²) in [7, 11) is 1.43. The van der Waals surface area contributed by atoms with Crippen LogP contribution in [0.5, 0.6) is 17.2 Å². The largest absolute Gasteiger partial charge is 0.507 e. The molecule has 9 nitrogen and oxygen atoms in total. The molecule has 2 aliphatic rings. The van der Waals surface area contributed by atoms with E-state index in [-0.39, 0.29) is 29.4 Å². The summed E-state index contributed by atoms with van der Waals surface area (Å²) in [6, 6.07) is 18.6. The minimum absolute atomic E-state index is 0.0155. The average molecular weight is 559 g/mol. The molecule has 214 valence electrons. The lowest BCUT2D eigenvalue weighted by Crippen LogP contribution is -2.42. The molecule has 0 aromatic heterocycles. The molecule has 5 rings (SSSR count). The predicted octanol–water partition coefficient (Wildman–Crippen LogP) is 4.04. The number of Topliss-reactive ketones (excluding diaryl/α,β-unsaturated/α-hetero) is 1. The summed E-state index contributed by atoms with van der Waals surface area (Å²) >= 11 is 0. The predicted molar refractivity (Wildman–Crippen MR) is 153 cm³/mol. The van der Waals surface area contributed by atoms with Crippen molar-refractivity contribution < 1.29 is 34.0 Å². The lowest BCUT2D eigenvalue weighted by atomic mass is 9.95. The van der Waals surface area contributed by atoms with Crippen LogP contribution < -0.4 is 9.47 Å². The lowest BCUT2D eigenvalue weighted by Gasteiger charge is -2.31. The fourth-order valence-corrected chi connectivity index (χ4v) is 5.19. The Hall–Kier alpha value is -4.34. The van der Waals surface area contributed by atoms with Crippen LogP contribution in [-0.2, 0) is 20.9 Å². The molecular formula is C32H34N2O7. The van der Waals surface area contributed by atoms with Crippen molar-refractivity contribution in [1.29, 1.82) is 0 Å². The van der Waals surface area contributed by atoms with Gasteiger partial charge in [0.25, 0.3) is 11.7 Å². The van der Waals surface area contributed by atoms with E-state index in [1.807, 2.05) is 31.2 Å². The van der Waals surface area contributed by atoms with Crippen molar-refractivity contribution in [3.05, 3.63) is 94.6 Å². The molecule has 1 unspecified atom stereocenters. The normalized spacial score (nSPS) is 19.0. The van der Waals surface area contributed by atoms with E-state index in [0.29, 0.717) is 43.2 Å². The van der Waals surface area contributed by atoms with E-state index in [1.165, 1.54) is 18.1 Å². The SMILES string of the molecule is COc1cc(C2/C(=C(/O)c3ccc(OCc4ccccc4C)cc3)C(=O)C(=O)N2CCN2CCOCC2)ccc1O. The van der Waals surface area contributed by atoms with Gasteiger partial charge in [-0.25, -0.2) is 0 Å². The Kier molecular flexibility index (Phi) is 8.56. The standard InChI is InChI=1S/C32H34N2O7/c1-21-5-3-4-6-24(21)20-41-25-10-7-22(8-11-25)30(36)28-29(23-9-12-26(35)27(19-23)39-2)34(32(38)31(28)37)14-13-33-15-17-40-18-16-33/h3-12,19,29,35-36H,13-18,20H2,1-2H3/b30-28-. The van der Waals surface area contributed by atoms with Crippen molar-refractivity contribution in [2.45, 2.75) is 19.6 Å². The minimum Gasteiger partial charge on any atom is -0.507 e. The summed E-state index contributed by atoms with van der Waals surface area (Å²) in [5.41, 5.74) is 3.11. The van der Waals surface area contributed by atoms with Crippen LogP contribution in [-0.4, -0.2) is 78.2 Å². The van der Waals surface area contributed by atoms with Gasteiger partial charge in [0.15, 0.2) is 11.5 Å². The molecule has 0 radical (unpaired) electrons. The number of aliphatic hydroxyl groups is 1. The number of phenolic OH excluding ortho intramolecular Hbond substituents is 1. The number of carbonyl (C=O) groups is 2. The maximum absolute atomic E-state index is 13.4. The first-order chi connectivity index (χ1) is 19.9. The monoisotopic (exact) mass is 558 g/mol. The van der Waals surface area contributed by atoms with Crippen LogP contribution in [0.2, 0.25) is 0 Å². The molecule has 2 N–H and O–H groups in total. The number of rotatable bonds is 9. The van der Waals surface area contributed by atoms with E-state index < -0.39 is 17.7 Å². The molecule has 41 heavy (non-hydrogen) atoms. The van der Waals surface area contributed by atoms with Gasteiger partial charge in [0.05, 0.1) is 31.9 Å². The zero-order valence-corrected chi connectivity index (χ0v) is 23.2. The van der Waals surface area contributed by atoms with Crippen LogP contribution in [0.4, 0.5) is 0 Å². The highest BCUT2D eigenvalue weighted by Crippen LogP contribution is 2.41. The van der Waals surface area contributed by atoms with Crippen molar-refractivity contribution in [3.8, 4) is 17.2 Å². The zero-order chi connectivity index (χ0) is 28.9. The number of nitrogens with zero attached hydrogens (tertiary/aromatic N) is 2. The molecule has 0 bridgehead atoms. The van der Waals surface area contributed by atoms with Gasteiger partial charge >= 0.3 is 0 Å². The molecule has 2 fully saturated rings. The fraction of sp³-hybridized carbons (Fsp3) is 0.312. The summed E-state index contributed by atoms with van der Waals surface area (Å²) in [6.07, 6.45) is 0. The highest BCUT2D eigenvalue weighted by atomic mass is 16.5. The topological polar surface area (TPSA) is 109 Å². The number of likely N-dealkylation sites (tertiary alicyclic amines) is 1. The molecule has 3 aromatic rings. The summed E-state index contributed by atoms with van der Waals surface area (Å²) in [4.78, 5) is 30.4. The number of ketones is 1. The number of amides is 1. The number of aromatic hydroxyl groups is 1. The fourth-order valence-electron chi connectivity index (χ4n) is 5.19. The van der Waals surface area contributed by atoms with E-state index in [2.05, 4.69) is 4.90 Å². The van der Waals surface area contributed by atoms with E-state index in [9.17, 15) is 19.8 Å². The molecule has 2 aliphatic heterocycles. The van der Waals surface area contributed by atoms with Crippen molar-refractivity contribution in [3.63, 3.8) is 0 Å². The third-order valence-corrected chi connectivity index (χ3v) is 7.60. The summed E-state index contributed by atoms with van der Waals surface area (Å²) in [6.45, 7) is 5.95. The van der Waals surface area contributed by atoms with Gasteiger partial charge in [-0.2, -0.15) is 0 Å². The maximum Gasteiger partial charge on any atom is 0.295 e. The van der Waals surface area contributed by atoms with Crippen LogP contribution >= 0.6 is 0 Å². The molecule has 3 aromatic carbocycles. The first-order valence-corrected chi connectivity index (χ1v) is 13.6. The number of aryl methyl sites for hydroxylation is 1. The van der Waals surface area contributed by atoms with E-state index in [1.54, 1.807) is 36.4 Å². The number of ether oxygens (including phenoxy) is 3. The van der Waals surface area contributed by atoms with Crippen LogP contribution in [0, 0.1) is 6.92 Å². The average Bonchev–Trinajstić information content (AvgIpc) is 3.25. The molecule has 2 saturated heterocycles. The van der Waals surface area contributed by atoms with Gasteiger partial charge in [0.1, 0.15) is 18.1 Å². The number of phenols is 1. The quantitative estimate of drug-likeness (QED) is 0.230. The molecule has 1 atom stereocenters. The second-order valence-electron chi connectivity index (χ2n) is 10.1. The first kappa shape index (κ1) is 28.2. The Morgan fingerprint density at radius 1 is 1.00 bits per heavy atom. The first-order valence-electron chi connectivity index (χ1n) is 13.6. The van der Waals surface area contributed by atoms with Gasteiger partial charge < -0.3 is 29.3 Å². The van der Waals surface area contributed by atoms with E-state index >= 15 is 0 Å². The lowest BCUT2D eigenvalue weighted by molar-refractivity contribution is -0.140. The third-order valence-electron chi connectivity index (χ3n) is 7.60. The molecule has 0 spiro atoms. The number of benzene rings is 3. The zero-order valence-electron chi connectivity index (χ0n) is 23.2. The Balaban J connectivity index is 1.45. The van der Waals surface area contributed by atoms with Crippen molar-refractivity contribution in [1.82, 2.24) is 9.80 Å². The number of carbonyl (C=O) groups excluding carboxylic acids is 2. The second-order valence-corrected chi connectivity index (χ2v) is 10.1. The molecular weight excluding hydrogens is 524 g/mol. The molecule has 2 heterocycles.